The molecule has 0 bridgehead atoms. The maximum Gasteiger partial charge on any atom is 0.408 e. The van der Waals surface area contributed by atoms with Crippen molar-refractivity contribution in [3.8, 4) is 5.75 Å². The summed E-state index contributed by atoms with van der Waals surface area (Å²) < 4.78 is 5.30. The minimum Gasteiger partial charge on any atom is -0.508 e. The summed E-state index contributed by atoms with van der Waals surface area (Å²) in [5.74, 6) is -0.486. The molecule has 0 aromatic heterocycles. The molecule has 4 N–H and O–H groups in total. The van der Waals surface area contributed by atoms with E-state index < -0.39 is 36.3 Å². The minimum absolute atomic E-state index is 0.0846. The van der Waals surface area contributed by atoms with Crippen LogP contribution in [0.15, 0.2) is 18.2 Å². The molecule has 1 rings (SSSR count). The first-order chi connectivity index (χ1) is 17.7. The van der Waals surface area contributed by atoms with E-state index in [0.717, 1.165) is 25.7 Å². The van der Waals surface area contributed by atoms with E-state index >= 15 is 0 Å². The van der Waals surface area contributed by atoms with Crippen LogP contribution in [0.4, 0.5) is 4.79 Å². The molecular weight excluding hydrogens is 486 g/mol. The molecule has 1 aromatic carbocycles. The topological polar surface area (TPSA) is 128 Å². The van der Waals surface area contributed by atoms with Gasteiger partial charge in [0.25, 0.3) is 0 Å². The third-order valence-electron chi connectivity index (χ3n) is 6.21. The van der Waals surface area contributed by atoms with Gasteiger partial charge < -0.3 is 30.5 Å². The Morgan fingerprint density at radius 1 is 1.08 bits per heavy atom. The van der Waals surface area contributed by atoms with Gasteiger partial charge in [-0.05, 0) is 83.1 Å². The predicted molar refractivity (Wildman–Crippen MR) is 149 cm³/mol. The van der Waals surface area contributed by atoms with Crippen LogP contribution in [0.1, 0.15) is 97.7 Å². The summed E-state index contributed by atoms with van der Waals surface area (Å²) in [7, 11) is 0. The fourth-order valence-electron chi connectivity index (χ4n) is 4.10. The number of aryl methyl sites for hydroxylation is 1. The van der Waals surface area contributed by atoms with Crippen molar-refractivity contribution in [2.45, 2.75) is 111 Å². The molecule has 0 spiro atoms. The third kappa shape index (κ3) is 10.9. The van der Waals surface area contributed by atoms with E-state index in [1.807, 2.05) is 6.92 Å². The van der Waals surface area contributed by atoms with Crippen LogP contribution >= 0.6 is 0 Å². The molecule has 216 valence electrons. The molecule has 0 fully saturated rings. The number of carbonyl (C=O) groups is 3. The normalized spacial score (nSPS) is 13.9. The molecule has 0 saturated carbocycles. The Hall–Kier alpha value is -2.81. The van der Waals surface area contributed by atoms with Gasteiger partial charge in [0.15, 0.2) is 0 Å². The van der Waals surface area contributed by atoms with Crippen LogP contribution in [-0.2, 0) is 14.3 Å². The quantitative estimate of drug-likeness (QED) is 0.258. The summed E-state index contributed by atoms with van der Waals surface area (Å²) >= 11 is 0. The lowest BCUT2D eigenvalue weighted by Gasteiger charge is -2.38. The minimum atomic E-state index is -1.31. The van der Waals surface area contributed by atoms with Gasteiger partial charge in [0.05, 0.1) is 6.61 Å². The van der Waals surface area contributed by atoms with E-state index in [1.54, 1.807) is 39.8 Å². The first-order valence-corrected chi connectivity index (χ1v) is 13.7. The van der Waals surface area contributed by atoms with Crippen LogP contribution in [-0.4, -0.2) is 63.9 Å². The SMILES string of the molecule is CCCCCNC(=O)C(c1ccc(O)c(C)c1)N(C(=O)C(CO)NC(=O)OC(C)(C)C)C(C)CCC(C)C. The van der Waals surface area contributed by atoms with Crippen LogP contribution in [0.2, 0.25) is 0 Å². The summed E-state index contributed by atoms with van der Waals surface area (Å²) in [6.45, 7) is 14.7. The highest BCUT2D eigenvalue weighted by Crippen LogP contribution is 2.30. The van der Waals surface area contributed by atoms with Crippen molar-refractivity contribution < 1.29 is 29.3 Å². The number of aromatic hydroxyl groups is 1. The largest absolute Gasteiger partial charge is 0.508 e. The first-order valence-electron chi connectivity index (χ1n) is 13.7. The van der Waals surface area contributed by atoms with Gasteiger partial charge in [0.1, 0.15) is 23.4 Å². The molecule has 0 aliphatic carbocycles. The number of nitrogens with zero attached hydrogens (tertiary/aromatic N) is 1. The van der Waals surface area contributed by atoms with Crippen LogP contribution in [0.25, 0.3) is 0 Å². The molecule has 3 atom stereocenters. The molecule has 9 nitrogen and oxygen atoms in total. The lowest BCUT2D eigenvalue weighted by Crippen LogP contribution is -2.56. The Balaban J connectivity index is 3.51. The maximum absolute atomic E-state index is 14.0. The van der Waals surface area contributed by atoms with Crippen molar-refractivity contribution in [1.82, 2.24) is 15.5 Å². The van der Waals surface area contributed by atoms with Crippen LogP contribution in [0.5, 0.6) is 5.75 Å². The van der Waals surface area contributed by atoms with Crippen molar-refractivity contribution in [1.29, 1.82) is 0 Å². The van der Waals surface area contributed by atoms with Gasteiger partial charge >= 0.3 is 6.09 Å². The molecule has 0 aliphatic rings. The van der Waals surface area contributed by atoms with Gasteiger partial charge in [-0.3, -0.25) is 9.59 Å². The molecule has 3 amide bonds. The average molecular weight is 536 g/mol. The summed E-state index contributed by atoms with van der Waals surface area (Å²) in [6, 6.07) is 2.10. The Bertz CT molecular complexity index is 912. The zero-order valence-corrected chi connectivity index (χ0v) is 24.5. The van der Waals surface area contributed by atoms with Crippen molar-refractivity contribution in [2.75, 3.05) is 13.2 Å². The van der Waals surface area contributed by atoms with Gasteiger partial charge in [-0.15, -0.1) is 0 Å². The molecule has 0 heterocycles. The molecule has 0 aliphatic heterocycles. The zero-order chi connectivity index (χ0) is 29.0. The third-order valence-corrected chi connectivity index (χ3v) is 6.21. The number of hydrogen-bond acceptors (Lipinski definition) is 6. The standard InChI is InChI=1S/C29H49N3O6/c1-9-10-11-16-30-26(35)25(22-14-15-24(34)20(4)17-22)32(21(5)13-12-19(2)3)27(36)23(18-33)31-28(37)38-29(6,7)8/h14-15,17,19,21,23,25,33-34H,9-13,16,18H2,1-8H3,(H,30,35)(H,31,37). The van der Waals surface area contributed by atoms with Crippen LogP contribution in [0, 0.1) is 12.8 Å². The van der Waals surface area contributed by atoms with Gasteiger partial charge in [-0.25, -0.2) is 4.79 Å². The second-order valence-electron chi connectivity index (χ2n) is 11.4. The first kappa shape index (κ1) is 33.2. The second kappa shape index (κ2) is 15.6. The van der Waals surface area contributed by atoms with Crippen LogP contribution < -0.4 is 10.6 Å². The van der Waals surface area contributed by atoms with E-state index in [4.69, 9.17) is 4.74 Å². The predicted octanol–water partition coefficient (Wildman–Crippen LogP) is 4.59. The molecule has 9 heteroatoms. The molecule has 38 heavy (non-hydrogen) atoms. The van der Waals surface area contributed by atoms with Gasteiger partial charge in [0, 0.05) is 12.6 Å². The average Bonchev–Trinajstić information content (AvgIpc) is 2.82. The monoisotopic (exact) mass is 535 g/mol. The van der Waals surface area contributed by atoms with E-state index in [1.165, 1.54) is 11.0 Å². The molecule has 0 saturated heterocycles. The molecule has 0 radical (unpaired) electrons. The van der Waals surface area contributed by atoms with Gasteiger partial charge in [0.2, 0.25) is 11.8 Å². The fraction of sp³-hybridized carbons (Fsp3) is 0.690. The van der Waals surface area contributed by atoms with Crippen molar-refractivity contribution in [3.05, 3.63) is 29.3 Å². The summed E-state index contributed by atoms with van der Waals surface area (Å²) in [4.78, 5) is 41.6. The number of rotatable bonds is 14. The lowest BCUT2D eigenvalue weighted by atomic mass is 9.96. The number of alkyl carbamates (subject to hydrolysis) is 1. The number of unbranched alkanes of at least 4 members (excludes halogenated alkanes) is 2. The number of phenolic OH excluding ortho intramolecular Hbond substituents is 1. The number of benzene rings is 1. The Labute approximate surface area is 228 Å². The number of aliphatic hydroxyl groups is 1. The molecule has 3 unspecified atom stereocenters. The lowest BCUT2D eigenvalue weighted by molar-refractivity contribution is -0.146. The molecular formula is C29H49N3O6. The Kier molecular flexibility index (Phi) is 13.6. The second-order valence-corrected chi connectivity index (χ2v) is 11.4. The molecule has 1 aromatic rings. The maximum atomic E-state index is 14.0. The number of phenols is 1. The van der Waals surface area contributed by atoms with E-state index in [9.17, 15) is 24.6 Å². The van der Waals surface area contributed by atoms with Crippen molar-refractivity contribution in [3.63, 3.8) is 0 Å². The number of carbonyl (C=O) groups excluding carboxylic acids is 3. The van der Waals surface area contributed by atoms with Crippen LogP contribution in [0.3, 0.4) is 0 Å². The highest BCUT2D eigenvalue weighted by Gasteiger charge is 2.38. The highest BCUT2D eigenvalue weighted by molar-refractivity contribution is 5.92. The van der Waals surface area contributed by atoms with Gasteiger partial charge in [-0.1, -0.05) is 39.7 Å². The smallest absolute Gasteiger partial charge is 0.408 e. The number of hydrogen-bond donors (Lipinski definition) is 4. The Morgan fingerprint density at radius 3 is 2.26 bits per heavy atom. The summed E-state index contributed by atoms with van der Waals surface area (Å²) in [6.07, 6.45) is 3.36. The van der Waals surface area contributed by atoms with Crippen molar-refractivity contribution in [2.24, 2.45) is 5.92 Å². The number of nitrogens with one attached hydrogen (secondary N) is 2. The van der Waals surface area contributed by atoms with Crippen molar-refractivity contribution >= 4 is 17.9 Å². The zero-order valence-electron chi connectivity index (χ0n) is 24.5. The summed E-state index contributed by atoms with van der Waals surface area (Å²) in [5, 5.41) is 25.7. The number of amides is 3. The Morgan fingerprint density at radius 2 is 1.74 bits per heavy atom. The summed E-state index contributed by atoms with van der Waals surface area (Å²) in [5.41, 5.74) is 0.313. The fourth-order valence-corrected chi connectivity index (χ4v) is 4.10. The number of ether oxygens (including phenoxy) is 1. The highest BCUT2D eigenvalue weighted by atomic mass is 16.6. The van der Waals surface area contributed by atoms with E-state index in [2.05, 4.69) is 31.4 Å². The van der Waals surface area contributed by atoms with E-state index in [0.29, 0.717) is 30.0 Å². The number of aliphatic hydroxyl groups excluding tert-OH is 1. The van der Waals surface area contributed by atoms with Gasteiger partial charge in [-0.2, -0.15) is 0 Å². The van der Waals surface area contributed by atoms with E-state index in [-0.39, 0.29) is 17.7 Å².